The lowest BCUT2D eigenvalue weighted by atomic mass is 10.0. The van der Waals surface area contributed by atoms with Crippen LogP contribution in [0.2, 0.25) is 0 Å². The number of para-hydroxylation sites is 3. The molecular weight excluding hydrogens is 460 g/mol. The first-order valence-electron chi connectivity index (χ1n) is 12.9. The van der Waals surface area contributed by atoms with Gasteiger partial charge in [-0.05, 0) is 59.7 Å². The first-order valence-corrected chi connectivity index (χ1v) is 12.9. The third-order valence-electron chi connectivity index (χ3n) is 7.51. The van der Waals surface area contributed by atoms with E-state index in [1.165, 1.54) is 38.3 Å². The Morgan fingerprint density at radius 3 is 1.32 bits per heavy atom. The highest BCUT2D eigenvalue weighted by Gasteiger charge is 2.15. The molecule has 7 rings (SSSR count). The lowest BCUT2D eigenvalue weighted by molar-refractivity contribution is 1.11. The molecule has 7 aromatic rings. The van der Waals surface area contributed by atoms with E-state index in [2.05, 4.69) is 144 Å². The first-order chi connectivity index (χ1) is 18.8. The Hall–Kier alpha value is -5.08. The molecule has 0 amide bonds. The van der Waals surface area contributed by atoms with Crippen molar-refractivity contribution in [1.29, 1.82) is 0 Å². The van der Waals surface area contributed by atoms with E-state index in [9.17, 15) is 0 Å². The van der Waals surface area contributed by atoms with Gasteiger partial charge in [0.15, 0.2) is 0 Å². The van der Waals surface area contributed by atoms with E-state index in [-0.39, 0.29) is 0 Å². The number of hydrogen-bond acceptors (Lipinski definition) is 0. The van der Waals surface area contributed by atoms with Gasteiger partial charge in [0.05, 0.1) is 22.2 Å². The summed E-state index contributed by atoms with van der Waals surface area (Å²) in [4.78, 5) is 0. The fourth-order valence-electron chi connectivity index (χ4n) is 5.79. The van der Waals surface area contributed by atoms with Gasteiger partial charge in [-0.1, -0.05) is 98.1 Å². The molecule has 0 saturated heterocycles. The number of nitrogens with zero attached hydrogens (tertiary/aromatic N) is 2. The highest BCUT2D eigenvalue weighted by atomic mass is 15.0. The zero-order valence-electron chi connectivity index (χ0n) is 21.0. The van der Waals surface area contributed by atoms with Crippen molar-refractivity contribution in [2.75, 3.05) is 0 Å². The number of fused-ring (bicyclic) bond motifs is 4. The average Bonchev–Trinajstić information content (AvgIpc) is 3.50. The maximum absolute atomic E-state index is 4.08. The Labute approximate surface area is 222 Å². The second-order valence-electron chi connectivity index (χ2n) is 9.52. The van der Waals surface area contributed by atoms with Crippen molar-refractivity contribution in [2.45, 2.75) is 0 Å². The van der Waals surface area contributed by atoms with E-state index in [1.807, 2.05) is 12.2 Å². The number of hydrogen-bond donors (Lipinski definition) is 0. The van der Waals surface area contributed by atoms with Crippen molar-refractivity contribution in [3.05, 3.63) is 146 Å². The largest absolute Gasteiger partial charge is 0.309 e. The van der Waals surface area contributed by atoms with E-state index >= 15 is 0 Å². The molecule has 0 aliphatic heterocycles. The summed E-state index contributed by atoms with van der Waals surface area (Å²) in [6.45, 7) is 8.13. The van der Waals surface area contributed by atoms with Crippen LogP contribution in [-0.4, -0.2) is 9.13 Å². The predicted octanol–water partition coefficient (Wildman–Crippen LogP) is 9.68. The summed E-state index contributed by atoms with van der Waals surface area (Å²) in [5.41, 5.74) is 10.4. The SMILES string of the molecule is C=Cc1c(C=C)n(-c2ccc(-c3ccc(-n4c5ccccc5c5ccccc54)cc3)cc2)c2ccccc12. The van der Waals surface area contributed by atoms with Crippen molar-refractivity contribution in [2.24, 2.45) is 0 Å². The standard InChI is InChI=1S/C36H26N2/c1-3-29-30-11-5-8-14-34(30)37(33(29)4-2)27-21-17-25(18-22-27)26-19-23-28(24-20-26)38-35-15-9-6-12-31(35)32-13-7-10-16-36(32)38/h3-24H,1-2H2. The quantitative estimate of drug-likeness (QED) is 0.229. The van der Waals surface area contributed by atoms with Crippen LogP contribution in [0.25, 0.3) is 67.4 Å². The van der Waals surface area contributed by atoms with Crippen LogP contribution in [-0.2, 0) is 0 Å². The minimum Gasteiger partial charge on any atom is -0.309 e. The second-order valence-corrected chi connectivity index (χ2v) is 9.52. The fraction of sp³-hybridized carbons (Fsp3) is 0. The maximum Gasteiger partial charge on any atom is 0.0541 e. The molecule has 0 N–H and O–H groups in total. The molecular formula is C36H26N2. The molecule has 2 heterocycles. The topological polar surface area (TPSA) is 9.86 Å². The average molecular weight is 487 g/mol. The van der Waals surface area contributed by atoms with Gasteiger partial charge >= 0.3 is 0 Å². The maximum atomic E-state index is 4.08. The van der Waals surface area contributed by atoms with E-state index in [0.29, 0.717) is 0 Å². The lowest BCUT2D eigenvalue weighted by Crippen LogP contribution is -1.97. The molecule has 0 aliphatic carbocycles. The van der Waals surface area contributed by atoms with Gasteiger partial charge in [0.1, 0.15) is 0 Å². The third-order valence-corrected chi connectivity index (χ3v) is 7.51. The molecule has 180 valence electrons. The zero-order valence-corrected chi connectivity index (χ0v) is 21.0. The highest BCUT2D eigenvalue weighted by Crippen LogP contribution is 2.34. The summed E-state index contributed by atoms with van der Waals surface area (Å²) in [6.07, 6.45) is 3.83. The summed E-state index contributed by atoms with van der Waals surface area (Å²) < 4.78 is 4.61. The summed E-state index contributed by atoms with van der Waals surface area (Å²) in [6, 6.07) is 43.3. The summed E-state index contributed by atoms with van der Waals surface area (Å²) >= 11 is 0. The molecule has 38 heavy (non-hydrogen) atoms. The molecule has 5 aromatic carbocycles. The van der Waals surface area contributed by atoms with Crippen molar-refractivity contribution in [3.8, 4) is 22.5 Å². The van der Waals surface area contributed by atoms with Gasteiger partial charge < -0.3 is 9.13 Å². The second kappa shape index (κ2) is 8.79. The van der Waals surface area contributed by atoms with Crippen LogP contribution in [0.3, 0.4) is 0 Å². The molecule has 0 saturated carbocycles. The minimum atomic E-state index is 1.06. The van der Waals surface area contributed by atoms with Crippen LogP contribution >= 0.6 is 0 Å². The Bertz CT molecular complexity index is 1930. The van der Waals surface area contributed by atoms with Crippen LogP contribution in [0.4, 0.5) is 0 Å². The molecule has 2 nitrogen and oxygen atoms in total. The number of benzene rings is 5. The zero-order chi connectivity index (χ0) is 25.6. The molecule has 2 heteroatoms. The monoisotopic (exact) mass is 486 g/mol. The van der Waals surface area contributed by atoms with Crippen LogP contribution in [0.5, 0.6) is 0 Å². The van der Waals surface area contributed by atoms with Crippen LogP contribution < -0.4 is 0 Å². The predicted molar refractivity (Wildman–Crippen MR) is 163 cm³/mol. The van der Waals surface area contributed by atoms with Crippen LogP contribution in [0.1, 0.15) is 11.3 Å². The van der Waals surface area contributed by atoms with Gasteiger partial charge in [0.25, 0.3) is 0 Å². The Morgan fingerprint density at radius 1 is 0.421 bits per heavy atom. The summed E-state index contributed by atoms with van der Waals surface area (Å²) in [5, 5.41) is 3.74. The van der Waals surface area contributed by atoms with E-state index < -0.39 is 0 Å². The summed E-state index contributed by atoms with van der Waals surface area (Å²) in [5.74, 6) is 0. The normalized spacial score (nSPS) is 11.4. The first kappa shape index (κ1) is 22.1. The number of rotatable bonds is 5. The van der Waals surface area contributed by atoms with Crippen molar-refractivity contribution in [3.63, 3.8) is 0 Å². The van der Waals surface area contributed by atoms with Gasteiger partial charge in [-0.15, -0.1) is 0 Å². The van der Waals surface area contributed by atoms with Crippen molar-refractivity contribution >= 4 is 44.9 Å². The van der Waals surface area contributed by atoms with Gasteiger partial charge in [-0.2, -0.15) is 0 Å². The van der Waals surface area contributed by atoms with Crippen LogP contribution in [0.15, 0.2) is 134 Å². The number of aromatic nitrogens is 2. The molecule has 0 radical (unpaired) electrons. The van der Waals surface area contributed by atoms with E-state index in [4.69, 9.17) is 0 Å². The van der Waals surface area contributed by atoms with Gasteiger partial charge in [-0.3, -0.25) is 0 Å². The third kappa shape index (κ3) is 3.28. The van der Waals surface area contributed by atoms with Crippen molar-refractivity contribution in [1.82, 2.24) is 9.13 Å². The van der Waals surface area contributed by atoms with E-state index in [0.717, 1.165) is 28.1 Å². The molecule has 0 spiro atoms. The molecule has 0 bridgehead atoms. The molecule has 2 aromatic heterocycles. The Kier molecular flexibility index (Phi) is 5.12. The van der Waals surface area contributed by atoms with Crippen molar-refractivity contribution < 1.29 is 0 Å². The van der Waals surface area contributed by atoms with Gasteiger partial charge in [-0.25, -0.2) is 0 Å². The Morgan fingerprint density at radius 2 is 0.842 bits per heavy atom. The fourth-order valence-corrected chi connectivity index (χ4v) is 5.79. The highest BCUT2D eigenvalue weighted by molar-refractivity contribution is 6.09. The summed E-state index contributed by atoms with van der Waals surface area (Å²) in [7, 11) is 0. The minimum absolute atomic E-state index is 1.06. The van der Waals surface area contributed by atoms with Gasteiger partial charge in [0.2, 0.25) is 0 Å². The van der Waals surface area contributed by atoms with E-state index in [1.54, 1.807) is 0 Å². The molecule has 0 aliphatic rings. The Balaban J connectivity index is 1.28. The molecule has 0 unspecified atom stereocenters. The van der Waals surface area contributed by atoms with Crippen LogP contribution in [0, 0.1) is 0 Å². The lowest BCUT2D eigenvalue weighted by Gasteiger charge is -2.12. The smallest absolute Gasteiger partial charge is 0.0541 e. The molecule has 0 atom stereocenters. The molecule has 0 fully saturated rings. The van der Waals surface area contributed by atoms with Gasteiger partial charge in [0, 0.05) is 33.1 Å².